The summed E-state index contributed by atoms with van der Waals surface area (Å²) >= 11 is 0. The zero-order valence-corrected chi connectivity index (χ0v) is 13.2. The molecule has 0 aromatic heterocycles. The number of nitrogens with one attached hydrogen (secondary N) is 1. The molecule has 0 saturated heterocycles. The molecule has 0 unspecified atom stereocenters. The van der Waals surface area contributed by atoms with E-state index in [0.29, 0.717) is 13.2 Å². The van der Waals surface area contributed by atoms with Gasteiger partial charge in [-0.3, -0.25) is 0 Å². The average molecular weight is 279 g/mol. The molecule has 1 N–H and O–H groups in total. The predicted molar refractivity (Wildman–Crippen MR) is 84.4 cm³/mol. The molecule has 1 aromatic rings. The van der Waals surface area contributed by atoms with Crippen molar-refractivity contribution in [1.82, 2.24) is 5.32 Å². The zero-order chi connectivity index (χ0) is 14.7. The summed E-state index contributed by atoms with van der Waals surface area (Å²) in [6.07, 6.45) is 3.54. The van der Waals surface area contributed by atoms with E-state index in [1.165, 1.54) is 12.8 Å². The van der Waals surface area contributed by atoms with Crippen LogP contribution in [0, 0.1) is 0 Å². The first-order valence-electron chi connectivity index (χ1n) is 7.58. The lowest BCUT2D eigenvalue weighted by Crippen LogP contribution is -2.36. The summed E-state index contributed by atoms with van der Waals surface area (Å²) in [5, 5.41) is 3.49. The number of rotatable bonds is 10. The van der Waals surface area contributed by atoms with Gasteiger partial charge in [0.05, 0.1) is 6.61 Å². The lowest BCUT2D eigenvalue weighted by Gasteiger charge is -2.20. The van der Waals surface area contributed by atoms with E-state index in [2.05, 4.69) is 26.1 Å². The average Bonchev–Trinajstić information content (AvgIpc) is 2.41. The summed E-state index contributed by atoms with van der Waals surface area (Å²) in [6, 6.07) is 9.85. The second-order valence-electron chi connectivity index (χ2n) is 6.01. The van der Waals surface area contributed by atoms with Crippen LogP contribution in [0.2, 0.25) is 0 Å². The van der Waals surface area contributed by atoms with Gasteiger partial charge in [-0.1, -0.05) is 18.2 Å². The second kappa shape index (κ2) is 9.78. The Bertz CT molecular complexity index is 333. The van der Waals surface area contributed by atoms with Gasteiger partial charge in [0, 0.05) is 12.1 Å². The lowest BCUT2D eigenvalue weighted by molar-refractivity contribution is 0.0971. The smallest absolute Gasteiger partial charge is 0.119 e. The fraction of sp³-hybridized carbons (Fsp3) is 0.647. The van der Waals surface area contributed by atoms with Crippen molar-refractivity contribution in [2.75, 3.05) is 26.4 Å². The highest BCUT2D eigenvalue weighted by Crippen LogP contribution is 2.07. The van der Waals surface area contributed by atoms with Crippen molar-refractivity contribution in [2.24, 2.45) is 0 Å². The molecule has 1 rings (SSSR count). The fourth-order valence-electron chi connectivity index (χ4n) is 1.81. The highest BCUT2D eigenvalue weighted by molar-refractivity contribution is 5.20. The topological polar surface area (TPSA) is 30.5 Å². The number of ether oxygens (including phenoxy) is 2. The Balaban J connectivity index is 1.83. The predicted octanol–water partition coefficient (Wildman–Crippen LogP) is 3.64. The minimum atomic E-state index is 0.227. The van der Waals surface area contributed by atoms with Crippen LogP contribution >= 0.6 is 0 Å². The molecule has 3 nitrogen and oxygen atoms in total. The quantitative estimate of drug-likeness (QED) is 0.663. The van der Waals surface area contributed by atoms with Gasteiger partial charge in [0.15, 0.2) is 0 Å². The van der Waals surface area contributed by atoms with E-state index < -0.39 is 0 Å². The molecule has 114 valence electrons. The Morgan fingerprint density at radius 1 is 0.900 bits per heavy atom. The molecule has 0 aliphatic rings. The first kappa shape index (κ1) is 17.0. The Morgan fingerprint density at radius 3 is 2.35 bits per heavy atom. The van der Waals surface area contributed by atoms with E-state index in [4.69, 9.17) is 9.47 Å². The minimum Gasteiger partial charge on any atom is -0.491 e. The van der Waals surface area contributed by atoms with Crippen LogP contribution < -0.4 is 10.1 Å². The highest BCUT2D eigenvalue weighted by Gasteiger charge is 2.06. The second-order valence-corrected chi connectivity index (χ2v) is 6.01. The SMILES string of the molecule is CC(C)(C)NCCCCCOCCOc1ccccc1. The van der Waals surface area contributed by atoms with Crippen LogP contribution in [0.1, 0.15) is 40.0 Å². The summed E-state index contributed by atoms with van der Waals surface area (Å²) in [5.74, 6) is 0.907. The Hall–Kier alpha value is -1.06. The van der Waals surface area contributed by atoms with E-state index >= 15 is 0 Å². The van der Waals surface area contributed by atoms with E-state index in [0.717, 1.165) is 25.3 Å². The van der Waals surface area contributed by atoms with Gasteiger partial charge < -0.3 is 14.8 Å². The zero-order valence-electron chi connectivity index (χ0n) is 13.2. The molecule has 0 fully saturated rings. The minimum absolute atomic E-state index is 0.227. The van der Waals surface area contributed by atoms with Gasteiger partial charge in [0.25, 0.3) is 0 Å². The molecule has 0 amide bonds. The van der Waals surface area contributed by atoms with E-state index in [9.17, 15) is 0 Å². The Morgan fingerprint density at radius 2 is 1.65 bits per heavy atom. The van der Waals surface area contributed by atoms with Crippen LogP contribution in [0.15, 0.2) is 30.3 Å². The van der Waals surface area contributed by atoms with Gasteiger partial charge in [0.1, 0.15) is 12.4 Å². The number of unbranched alkanes of at least 4 members (excludes halogenated alkanes) is 2. The Labute approximate surface area is 123 Å². The normalized spacial score (nSPS) is 11.6. The molecule has 20 heavy (non-hydrogen) atoms. The van der Waals surface area contributed by atoms with E-state index in [-0.39, 0.29) is 5.54 Å². The maximum atomic E-state index is 5.56. The van der Waals surface area contributed by atoms with E-state index in [1.807, 2.05) is 30.3 Å². The molecular formula is C17H29NO2. The molecule has 0 aliphatic carbocycles. The third kappa shape index (κ3) is 9.82. The third-order valence-corrected chi connectivity index (χ3v) is 2.86. The van der Waals surface area contributed by atoms with Gasteiger partial charge in [-0.05, 0) is 58.7 Å². The largest absolute Gasteiger partial charge is 0.491 e. The van der Waals surface area contributed by atoms with Crippen LogP contribution in [0.25, 0.3) is 0 Å². The number of hydrogen-bond donors (Lipinski definition) is 1. The van der Waals surface area contributed by atoms with Gasteiger partial charge in [0.2, 0.25) is 0 Å². The van der Waals surface area contributed by atoms with Crippen molar-refractivity contribution in [3.8, 4) is 5.75 Å². The summed E-state index contributed by atoms with van der Waals surface area (Å²) < 4.78 is 11.1. The van der Waals surface area contributed by atoms with Gasteiger partial charge in [-0.2, -0.15) is 0 Å². The number of benzene rings is 1. The summed E-state index contributed by atoms with van der Waals surface area (Å²) in [4.78, 5) is 0. The third-order valence-electron chi connectivity index (χ3n) is 2.86. The monoisotopic (exact) mass is 279 g/mol. The number of hydrogen-bond acceptors (Lipinski definition) is 3. The van der Waals surface area contributed by atoms with Gasteiger partial charge >= 0.3 is 0 Å². The maximum Gasteiger partial charge on any atom is 0.119 e. The molecule has 0 saturated carbocycles. The van der Waals surface area contributed by atoms with Crippen molar-refractivity contribution in [3.63, 3.8) is 0 Å². The van der Waals surface area contributed by atoms with Crippen molar-refractivity contribution in [2.45, 2.75) is 45.6 Å². The lowest BCUT2D eigenvalue weighted by atomic mass is 10.1. The summed E-state index contributed by atoms with van der Waals surface area (Å²) in [6.45, 7) is 9.79. The van der Waals surface area contributed by atoms with E-state index in [1.54, 1.807) is 0 Å². The first-order valence-corrected chi connectivity index (χ1v) is 7.58. The molecule has 0 heterocycles. The summed E-state index contributed by atoms with van der Waals surface area (Å²) in [5.41, 5.74) is 0.227. The van der Waals surface area contributed by atoms with Crippen LogP contribution in [-0.2, 0) is 4.74 Å². The standard InChI is InChI=1S/C17H29NO2/c1-17(2,3)18-12-8-5-9-13-19-14-15-20-16-10-6-4-7-11-16/h4,6-7,10-11,18H,5,8-9,12-15H2,1-3H3. The molecule has 0 atom stereocenters. The van der Waals surface area contributed by atoms with Gasteiger partial charge in [-0.15, -0.1) is 0 Å². The van der Waals surface area contributed by atoms with Crippen molar-refractivity contribution in [3.05, 3.63) is 30.3 Å². The van der Waals surface area contributed by atoms with Crippen LogP contribution in [0.4, 0.5) is 0 Å². The first-order chi connectivity index (χ1) is 9.58. The number of para-hydroxylation sites is 1. The van der Waals surface area contributed by atoms with Crippen molar-refractivity contribution < 1.29 is 9.47 Å². The molecular weight excluding hydrogens is 250 g/mol. The van der Waals surface area contributed by atoms with Crippen LogP contribution in [0.3, 0.4) is 0 Å². The van der Waals surface area contributed by atoms with Crippen LogP contribution in [-0.4, -0.2) is 31.9 Å². The molecule has 0 radical (unpaired) electrons. The highest BCUT2D eigenvalue weighted by atomic mass is 16.5. The Kier molecular flexibility index (Phi) is 8.31. The molecule has 3 heteroatoms. The molecule has 1 aromatic carbocycles. The fourth-order valence-corrected chi connectivity index (χ4v) is 1.81. The van der Waals surface area contributed by atoms with Crippen molar-refractivity contribution in [1.29, 1.82) is 0 Å². The summed E-state index contributed by atoms with van der Waals surface area (Å²) in [7, 11) is 0. The molecule has 0 bridgehead atoms. The van der Waals surface area contributed by atoms with Crippen LogP contribution in [0.5, 0.6) is 5.75 Å². The molecule has 0 spiro atoms. The maximum absolute atomic E-state index is 5.56. The van der Waals surface area contributed by atoms with Crippen molar-refractivity contribution >= 4 is 0 Å². The van der Waals surface area contributed by atoms with Gasteiger partial charge in [-0.25, -0.2) is 0 Å². The molecule has 0 aliphatic heterocycles.